The number of benzene rings is 2. The summed E-state index contributed by atoms with van der Waals surface area (Å²) in [6.07, 6.45) is 1.96. The summed E-state index contributed by atoms with van der Waals surface area (Å²) in [5.74, 6) is 1.72. The van der Waals surface area contributed by atoms with Crippen LogP contribution in [0, 0.1) is 13.8 Å². The maximum atomic E-state index is 11.6. The molecule has 2 aromatic rings. The zero-order chi connectivity index (χ0) is 22.1. The van der Waals surface area contributed by atoms with Gasteiger partial charge >= 0.3 is 0 Å². The van der Waals surface area contributed by atoms with E-state index in [0.717, 1.165) is 30.2 Å². The van der Waals surface area contributed by atoms with E-state index >= 15 is 0 Å². The maximum absolute atomic E-state index is 11.6. The molecule has 0 amide bonds. The molecule has 172 valence electrons. The van der Waals surface area contributed by atoms with Gasteiger partial charge in [-0.2, -0.15) is 0 Å². The van der Waals surface area contributed by atoms with Crippen LogP contribution in [0.4, 0.5) is 0 Å². The lowest BCUT2D eigenvalue weighted by Gasteiger charge is -2.22. The molecule has 0 unspecified atom stereocenters. The Labute approximate surface area is 204 Å². The largest absolute Gasteiger partial charge is 0.492 e. The number of rotatable bonds is 9. The SMILES string of the molecule is CCNC(=NCCc1ccc(S(C)(=O)=O)cc1)N(C)CCOc1cc(C)cc(C)c1.I. The number of nitrogens with zero attached hydrogens (tertiary/aromatic N) is 2. The van der Waals surface area contributed by atoms with Gasteiger partial charge in [-0.15, -0.1) is 24.0 Å². The van der Waals surface area contributed by atoms with Gasteiger partial charge in [0.2, 0.25) is 0 Å². The van der Waals surface area contributed by atoms with Crippen molar-refractivity contribution in [1.82, 2.24) is 10.2 Å². The number of hydrogen-bond acceptors (Lipinski definition) is 4. The van der Waals surface area contributed by atoms with Gasteiger partial charge in [0.15, 0.2) is 15.8 Å². The number of hydrogen-bond donors (Lipinski definition) is 1. The van der Waals surface area contributed by atoms with E-state index in [1.807, 2.05) is 38.2 Å². The van der Waals surface area contributed by atoms with Gasteiger partial charge in [0, 0.05) is 26.4 Å². The molecule has 0 bridgehead atoms. The van der Waals surface area contributed by atoms with Crippen molar-refractivity contribution in [1.29, 1.82) is 0 Å². The van der Waals surface area contributed by atoms with E-state index in [-0.39, 0.29) is 24.0 Å². The molecule has 0 aliphatic carbocycles. The molecule has 0 spiro atoms. The Morgan fingerprint density at radius 3 is 2.26 bits per heavy atom. The third kappa shape index (κ3) is 9.47. The van der Waals surface area contributed by atoms with Gasteiger partial charge in [-0.25, -0.2) is 8.42 Å². The van der Waals surface area contributed by atoms with Crippen LogP contribution in [0.25, 0.3) is 0 Å². The number of likely N-dealkylation sites (N-methyl/N-ethyl adjacent to an activating group) is 1. The minimum atomic E-state index is -3.16. The van der Waals surface area contributed by atoms with Crippen LogP contribution < -0.4 is 10.1 Å². The summed E-state index contributed by atoms with van der Waals surface area (Å²) >= 11 is 0. The predicted octanol–water partition coefficient (Wildman–Crippen LogP) is 3.84. The highest BCUT2D eigenvalue weighted by Gasteiger charge is 2.08. The quantitative estimate of drug-likeness (QED) is 0.287. The smallest absolute Gasteiger partial charge is 0.193 e. The highest BCUT2D eigenvalue weighted by atomic mass is 127. The summed E-state index contributed by atoms with van der Waals surface area (Å²) in [4.78, 5) is 7.09. The minimum Gasteiger partial charge on any atom is -0.492 e. The molecule has 2 aromatic carbocycles. The summed E-state index contributed by atoms with van der Waals surface area (Å²) in [5, 5.41) is 3.31. The van der Waals surface area contributed by atoms with Crippen LogP contribution in [0.1, 0.15) is 23.6 Å². The minimum absolute atomic E-state index is 0. The zero-order valence-corrected chi connectivity index (χ0v) is 22.2. The molecule has 0 aliphatic heterocycles. The van der Waals surface area contributed by atoms with Crippen LogP contribution >= 0.6 is 24.0 Å². The third-order valence-electron chi connectivity index (χ3n) is 4.60. The predicted molar refractivity (Wildman–Crippen MR) is 139 cm³/mol. The van der Waals surface area contributed by atoms with Crippen molar-refractivity contribution in [3.05, 3.63) is 59.2 Å². The first-order valence-corrected chi connectivity index (χ1v) is 12.1. The van der Waals surface area contributed by atoms with Gasteiger partial charge in [0.1, 0.15) is 12.4 Å². The Balaban J connectivity index is 0.00000480. The first-order chi connectivity index (χ1) is 14.2. The lowest BCUT2D eigenvalue weighted by Crippen LogP contribution is -2.41. The Bertz CT molecular complexity index is 940. The van der Waals surface area contributed by atoms with E-state index in [2.05, 4.69) is 30.1 Å². The van der Waals surface area contributed by atoms with Crippen LogP contribution in [0.3, 0.4) is 0 Å². The lowest BCUT2D eigenvalue weighted by atomic mass is 10.1. The Morgan fingerprint density at radius 1 is 1.10 bits per heavy atom. The molecule has 0 heterocycles. The molecule has 1 N–H and O–H groups in total. The summed E-state index contributed by atoms with van der Waals surface area (Å²) in [5.41, 5.74) is 3.44. The van der Waals surface area contributed by atoms with E-state index in [9.17, 15) is 8.42 Å². The molecule has 2 rings (SSSR count). The van der Waals surface area contributed by atoms with Crippen molar-refractivity contribution in [3.63, 3.8) is 0 Å². The monoisotopic (exact) mass is 559 g/mol. The van der Waals surface area contributed by atoms with E-state index in [1.54, 1.807) is 12.1 Å². The topological polar surface area (TPSA) is 71.0 Å². The molecular weight excluding hydrogens is 525 g/mol. The molecule has 0 saturated carbocycles. The van der Waals surface area contributed by atoms with Gasteiger partial charge in [0.05, 0.1) is 11.4 Å². The standard InChI is InChI=1S/C23H33N3O3S.HI/c1-6-24-23(25-12-11-20-7-9-22(10-8-20)30(5,27)28)26(4)13-14-29-21-16-18(2)15-19(3)17-21;/h7-10,15-17H,6,11-14H2,1-5H3,(H,24,25);1H. The van der Waals surface area contributed by atoms with Crippen LogP contribution in [0.5, 0.6) is 5.75 Å². The van der Waals surface area contributed by atoms with Crippen LogP contribution in [0.15, 0.2) is 52.4 Å². The highest BCUT2D eigenvalue weighted by molar-refractivity contribution is 14.0. The fourth-order valence-corrected chi connectivity index (χ4v) is 3.72. The molecule has 0 atom stereocenters. The van der Waals surface area contributed by atoms with Crippen molar-refractivity contribution >= 4 is 39.8 Å². The molecular formula is C23H34IN3O3S. The number of sulfone groups is 1. The number of nitrogens with one attached hydrogen (secondary N) is 1. The average molecular weight is 560 g/mol. The zero-order valence-electron chi connectivity index (χ0n) is 19.0. The van der Waals surface area contributed by atoms with Crippen LogP contribution in [-0.4, -0.2) is 58.8 Å². The molecule has 0 radical (unpaired) electrons. The fraction of sp³-hybridized carbons (Fsp3) is 0.435. The fourth-order valence-electron chi connectivity index (χ4n) is 3.09. The van der Waals surface area contributed by atoms with Gasteiger partial charge in [-0.1, -0.05) is 18.2 Å². The van der Waals surface area contributed by atoms with Crippen molar-refractivity contribution < 1.29 is 13.2 Å². The van der Waals surface area contributed by atoms with Gasteiger partial charge < -0.3 is 15.0 Å². The molecule has 6 nitrogen and oxygen atoms in total. The summed E-state index contributed by atoms with van der Waals surface area (Å²) in [6, 6.07) is 13.2. The molecule has 0 aliphatic rings. The van der Waals surface area contributed by atoms with Gasteiger partial charge in [0.25, 0.3) is 0 Å². The molecule has 8 heteroatoms. The number of aryl methyl sites for hydroxylation is 2. The summed E-state index contributed by atoms with van der Waals surface area (Å²) in [7, 11) is -1.17. The first-order valence-electron chi connectivity index (χ1n) is 10.2. The van der Waals surface area contributed by atoms with E-state index in [4.69, 9.17) is 9.73 Å². The van der Waals surface area contributed by atoms with Crippen molar-refractivity contribution in [3.8, 4) is 5.75 Å². The number of ether oxygens (including phenoxy) is 1. The third-order valence-corrected chi connectivity index (χ3v) is 5.73. The van der Waals surface area contributed by atoms with E-state index in [0.29, 0.717) is 24.6 Å². The number of aliphatic imine (C=N–C) groups is 1. The molecule has 0 saturated heterocycles. The Hall–Kier alpha value is -1.81. The lowest BCUT2D eigenvalue weighted by molar-refractivity contribution is 0.281. The summed E-state index contributed by atoms with van der Waals surface area (Å²) in [6.45, 7) is 8.85. The van der Waals surface area contributed by atoms with Gasteiger partial charge in [-0.3, -0.25) is 4.99 Å². The molecule has 31 heavy (non-hydrogen) atoms. The van der Waals surface area contributed by atoms with Gasteiger partial charge in [-0.05, 0) is 68.1 Å². The summed E-state index contributed by atoms with van der Waals surface area (Å²) < 4.78 is 29.0. The second-order valence-corrected chi connectivity index (χ2v) is 9.51. The molecule has 0 fully saturated rings. The Morgan fingerprint density at radius 2 is 1.71 bits per heavy atom. The van der Waals surface area contributed by atoms with E-state index in [1.165, 1.54) is 17.4 Å². The van der Waals surface area contributed by atoms with Crippen LogP contribution in [-0.2, 0) is 16.3 Å². The average Bonchev–Trinajstić information content (AvgIpc) is 2.66. The normalized spacial score (nSPS) is 11.6. The molecule has 0 aromatic heterocycles. The second-order valence-electron chi connectivity index (χ2n) is 7.50. The maximum Gasteiger partial charge on any atom is 0.193 e. The van der Waals surface area contributed by atoms with E-state index < -0.39 is 9.84 Å². The Kier molecular flexibility index (Phi) is 11.3. The first kappa shape index (κ1) is 27.2. The van der Waals surface area contributed by atoms with Crippen molar-refractivity contribution in [2.24, 2.45) is 4.99 Å². The highest BCUT2D eigenvalue weighted by Crippen LogP contribution is 2.16. The second kappa shape index (κ2) is 12.9. The number of halogens is 1. The van der Waals surface area contributed by atoms with Crippen molar-refractivity contribution in [2.75, 3.05) is 39.5 Å². The van der Waals surface area contributed by atoms with Crippen LogP contribution in [0.2, 0.25) is 0 Å². The number of guanidine groups is 1. The van der Waals surface area contributed by atoms with Crippen molar-refractivity contribution in [2.45, 2.75) is 32.1 Å².